The van der Waals surface area contributed by atoms with E-state index in [0.717, 1.165) is 16.5 Å². The summed E-state index contributed by atoms with van der Waals surface area (Å²) in [6.45, 7) is -0.156. The summed E-state index contributed by atoms with van der Waals surface area (Å²) in [7, 11) is 0. The number of benzene rings is 4. The second-order valence-electron chi connectivity index (χ2n) is 7.76. The van der Waals surface area contributed by atoms with Crippen LogP contribution in [-0.4, -0.2) is 22.7 Å². The van der Waals surface area contributed by atoms with Crippen molar-refractivity contribution in [3.63, 3.8) is 0 Å². The highest BCUT2D eigenvalue weighted by Crippen LogP contribution is 2.39. The van der Waals surface area contributed by atoms with Crippen molar-refractivity contribution in [1.29, 1.82) is 0 Å². The average Bonchev–Trinajstić information content (AvgIpc) is 3.16. The molecule has 0 aliphatic carbocycles. The molecule has 2 amide bonds. The van der Waals surface area contributed by atoms with E-state index >= 15 is 0 Å². The predicted octanol–water partition coefficient (Wildman–Crippen LogP) is 6.26. The van der Waals surface area contributed by atoms with Gasteiger partial charge in [0.25, 0.3) is 11.8 Å². The molecule has 0 bridgehead atoms. The molecule has 0 radical (unpaired) electrons. The zero-order valence-corrected chi connectivity index (χ0v) is 20.1. The third kappa shape index (κ3) is 4.96. The van der Waals surface area contributed by atoms with Crippen LogP contribution in [0.5, 0.6) is 5.75 Å². The molecule has 4 aromatic rings. The SMILES string of the molecule is O=C(COc1ccccc1/C=C1\SC(=S)N(c2cccc3ccccc23)C1=O)Nc1ccccc1. The van der Waals surface area contributed by atoms with Crippen LogP contribution < -0.4 is 15.0 Å². The Labute approximate surface area is 212 Å². The first-order valence-corrected chi connectivity index (χ1v) is 12.1. The highest BCUT2D eigenvalue weighted by molar-refractivity contribution is 8.27. The fourth-order valence-electron chi connectivity index (χ4n) is 3.81. The lowest BCUT2D eigenvalue weighted by Crippen LogP contribution is -2.27. The van der Waals surface area contributed by atoms with Crippen LogP contribution in [0.2, 0.25) is 0 Å². The van der Waals surface area contributed by atoms with Gasteiger partial charge in [0.1, 0.15) is 5.75 Å². The van der Waals surface area contributed by atoms with Crippen LogP contribution in [0.15, 0.2) is 102 Å². The van der Waals surface area contributed by atoms with Crippen LogP contribution >= 0.6 is 24.0 Å². The monoisotopic (exact) mass is 496 g/mol. The van der Waals surface area contributed by atoms with E-state index in [1.54, 1.807) is 17.0 Å². The number of rotatable bonds is 6. The maximum Gasteiger partial charge on any atom is 0.270 e. The maximum atomic E-state index is 13.4. The Bertz CT molecular complexity index is 1460. The van der Waals surface area contributed by atoms with Crippen LogP contribution in [0.1, 0.15) is 5.56 Å². The molecule has 0 atom stereocenters. The van der Waals surface area contributed by atoms with E-state index in [-0.39, 0.29) is 18.4 Å². The predicted molar refractivity (Wildman–Crippen MR) is 147 cm³/mol. The number of carbonyl (C=O) groups is 2. The third-order valence-corrected chi connectivity index (χ3v) is 6.73. The highest BCUT2D eigenvalue weighted by atomic mass is 32.2. The van der Waals surface area contributed by atoms with Gasteiger partial charge in [-0.05, 0) is 35.7 Å². The average molecular weight is 497 g/mol. The van der Waals surface area contributed by atoms with Crippen molar-refractivity contribution < 1.29 is 14.3 Å². The Kier molecular flexibility index (Phi) is 6.61. The van der Waals surface area contributed by atoms with Gasteiger partial charge in [-0.25, -0.2) is 0 Å². The summed E-state index contributed by atoms with van der Waals surface area (Å²) in [6, 6.07) is 30.2. The highest BCUT2D eigenvalue weighted by Gasteiger charge is 2.34. The zero-order chi connectivity index (χ0) is 24.2. The number of thiocarbonyl (C=S) groups is 1. The minimum Gasteiger partial charge on any atom is -0.483 e. The maximum absolute atomic E-state index is 13.4. The molecular weight excluding hydrogens is 476 g/mol. The smallest absolute Gasteiger partial charge is 0.270 e. The number of hydrogen-bond donors (Lipinski definition) is 1. The molecule has 1 saturated heterocycles. The number of fused-ring (bicyclic) bond motifs is 1. The van der Waals surface area contributed by atoms with Gasteiger partial charge in [-0.1, -0.05) is 96.8 Å². The first-order valence-electron chi connectivity index (χ1n) is 10.9. The molecule has 0 saturated carbocycles. The van der Waals surface area contributed by atoms with E-state index < -0.39 is 0 Å². The van der Waals surface area contributed by atoms with Gasteiger partial charge in [-0.3, -0.25) is 14.5 Å². The number of hydrogen-bond acceptors (Lipinski definition) is 5. The molecule has 1 aliphatic heterocycles. The largest absolute Gasteiger partial charge is 0.483 e. The number of ether oxygens (including phenoxy) is 1. The van der Waals surface area contributed by atoms with Crippen molar-refractivity contribution in [2.45, 2.75) is 0 Å². The molecule has 1 heterocycles. The molecule has 1 N–H and O–H groups in total. The summed E-state index contributed by atoms with van der Waals surface area (Å²) in [5.74, 6) is 0.0485. The summed E-state index contributed by atoms with van der Waals surface area (Å²) in [5.41, 5.74) is 2.15. The fourth-order valence-corrected chi connectivity index (χ4v) is 5.09. The van der Waals surface area contributed by atoms with Gasteiger partial charge in [0.2, 0.25) is 0 Å². The van der Waals surface area contributed by atoms with Crippen molar-refractivity contribution in [2.75, 3.05) is 16.8 Å². The Morgan fingerprint density at radius 1 is 0.914 bits per heavy atom. The van der Waals surface area contributed by atoms with Crippen LogP contribution in [-0.2, 0) is 9.59 Å². The number of nitrogens with one attached hydrogen (secondary N) is 1. The van der Waals surface area contributed by atoms with E-state index in [0.29, 0.717) is 26.2 Å². The molecule has 1 aliphatic rings. The molecular formula is C28H20N2O3S2. The van der Waals surface area contributed by atoms with Crippen molar-refractivity contribution in [2.24, 2.45) is 0 Å². The topological polar surface area (TPSA) is 58.6 Å². The Morgan fingerprint density at radius 2 is 1.63 bits per heavy atom. The normalized spacial score (nSPS) is 14.5. The van der Waals surface area contributed by atoms with E-state index in [9.17, 15) is 9.59 Å². The molecule has 35 heavy (non-hydrogen) atoms. The number of carbonyl (C=O) groups excluding carboxylic acids is 2. The van der Waals surface area contributed by atoms with Gasteiger partial charge < -0.3 is 10.1 Å². The number of para-hydroxylation sites is 2. The van der Waals surface area contributed by atoms with Gasteiger partial charge in [0.15, 0.2) is 10.9 Å². The van der Waals surface area contributed by atoms with Crippen molar-refractivity contribution in [3.05, 3.63) is 108 Å². The first-order chi connectivity index (χ1) is 17.1. The summed E-state index contributed by atoms with van der Waals surface area (Å²) >= 11 is 6.83. The molecule has 0 spiro atoms. The van der Waals surface area contributed by atoms with E-state index in [4.69, 9.17) is 17.0 Å². The van der Waals surface area contributed by atoms with Gasteiger partial charge in [0.05, 0.1) is 10.6 Å². The minimum atomic E-state index is -0.270. The second kappa shape index (κ2) is 10.1. The van der Waals surface area contributed by atoms with Gasteiger partial charge in [0, 0.05) is 16.6 Å². The second-order valence-corrected chi connectivity index (χ2v) is 9.43. The Balaban J connectivity index is 1.36. The number of amides is 2. The molecule has 7 heteroatoms. The molecule has 4 aromatic carbocycles. The number of nitrogens with zero attached hydrogens (tertiary/aromatic N) is 1. The quantitative estimate of drug-likeness (QED) is 0.252. The number of anilines is 2. The van der Waals surface area contributed by atoms with Gasteiger partial charge >= 0.3 is 0 Å². The fraction of sp³-hybridized carbons (Fsp3) is 0.0357. The van der Waals surface area contributed by atoms with Crippen LogP contribution in [0, 0.1) is 0 Å². The summed E-state index contributed by atoms with van der Waals surface area (Å²) in [6.07, 6.45) is 1.76. The molecule has 1 fully saturated rings. The summed E-state index contributed by atoms with van der Waals surface area (Å²) in [4.78, 5) is 27.8. The molecule has 0 aromatic heterocycles. The van der Waals surface area contributed by atoms with Crippen molar-refractivity contribution in [1.82, 2.24) is 0 Å². The van der Waals surface area contributed by atoms with Crippen LogP contribution in [0.3, 0.4) is 0 Å². The zero-order valence-electron chi connectivity index (χ0n) is 18.5. The minimum absolute atomic E-state index is 0.156. The Morgan fingerprint density at radius 3 is 2.49 bits per heavy atom. The van der Waals surface area contributed by atoms with E-state index in [2.05, 4.69) is 5.32 Å². The van der Waals surface area contributed by atoms with Crippen molar-refractivity contribution in [3.8, 4) is 5.75 Å². The third-order valence-electron chi connectivity index (χ3n) is 5.42. The first kappa shape index (κ1) is 22.8. The number of thioether (sulfide) groups is 1. The molecule has 5 rings (SSSR count). The van der Waals surface area contributed by atoms with Gasteiger partial charge in [-0.15, -0.1) is 0 Å². The lowest BCUT2D eigenvalue weighted by molar-refractivity contribution is -0.118. The summed E-state index contributed by atoms with van der Waals surface area (Å²) in [5, 5.41) is 4.79. The summed E-state index contributed by atoms with van der Waals surface area (Å²) < 4.78 is 6.26. The van der Waals surface area contributed by atoms with Crippen LogP contribution in [0.4, 0.5) is 11.4 Å². The molecule has 172 valence electrons. The lowest BCUT2D eigenvalue weighted by Gasteiger charge is -2.17. The molecule has 0 unspecified atom stereocenters. The Hall–Kier alpha value is -3.94. The van der Waals surface area contributed by atoms with Crippen LogP contribution in [0.25, 0.3) is 16.8 Å². The molecule has 5 nitrogen and oxygen atoms in total. The lowest BCUT2D eigenvalue weighted by atomic mass is 10.1. The van der Waals surface area contributed by atoms with E-state index in [1.165, 1.54) is 11.8 Å². The van der Waals surface area contributed by atoms with Crippen molar-refractivity contribution >= 4 is 68.3 Å². The van der Waals surface area contributed by atoms with E-state index in [1.807, 2.05) is 91.0 Å². The standard InChI is InChI=1S/C28H20N2O3S2/c31-26(29-21-12-2-1-3-13-21)18-33-24-16-7-5-10-20(24)17-25-27(32)30(28(34)35-25)23-15-8-11-19-9-4-6-14-22(19)23/h1-17H,18H2,(H,29,31)/b25-17-. The van der Waals surface area contributed by atoms with Gasteiger partial charge in [-0.2, -0.15) is 0 Å².